The van der Waals surface area contributed by atoms with Crippen molar-refractivity contribution in [2.24, 2.45) is 0 Å². The van der Waals surface area contributed by atoms with Crippen molar-refractivity contribution in [3.05, 3.63) is 48.0 Å². The molecule has 0 saturated carbocycles. The Bertz CT molecular complexity index is 603. The van der Waals surface area contributed by atoms with Gasteiger partial charge in [0.05, 0.1) is 0 Å². The van der Waals surface area contributed by atoms with Crippen LogP contribution in [0.15, 0.2) is 42.5 Å². The van der Waals surface area contributed by atoms with Crippen molar-refractivity contribution in [3.63, 3.8) is 0 Å². The number of hydrogen-bond acceptors (Lipinski definition) is 6. The van der Waals surface area contributed by atoms with Crippen molar-refractivity contribution in [3.8, 4) is 11.8 Å². The first-order valence-corrected chi connectivity index (χ1v) is 6.59. The van der Waals surface area contributed by atoms with E-state index < -0.39 is 17.7 Å². The number of nitrogens with zero attached hydrogens (tertiary/aromatic N) is 1. The highest BCUT2D eigenvalue weighted by Crippen LogP contribution is 2.19. The molecule has 0 spiro atoms. The first-order chi connectivity index (χ1) is 9.58. The maximum Gasteiger partial charge on any atom is 0.343 e. The molecule has 104 valence electrons. The summed E-state index contributed by atoms with van der Waals surface area (Å²) in [5.74, 6) is -1.81. The summed E-state index contributed by atoms with van der Waals surface area (Å²) < 4.78 is 0.579. The number of aromatic nitrogens is 1. The maximum atomic E-state index is 11.7. The molecule has 20 heavy (non-hydrogen) atoms. The number of hydrogen-bond donors (Lipinski definition) is 2. The van der Waals surface area contributed by atoms with Gasteiger partial charge in [-0.1, -0.05) is 42.1 Å². The minimum Gasteiger partial charge on any atom is -0.492 e. The number of aromatic hydroxyl groups is 2. The van der Waals surface area contributed by atoms with E-state index in [0.717, 1.165) is 11.8 Å². The van der Waals surface area contributed by atoms with Gasteiger partial charge >= 0.3 is 5.97 Å². The molecular formula is C13H11NO5S. The standard InChI is InChI=1S/C13H11NO5S/c15-10-6-7-11(16)14(10)19-12(17)8-20-13(18)9-4-2-1-3-5-9/h1-7,15-16H,8H2. The second-order valence-electron chi connectivity index (χ2n) is 3.75. The van der Waals surface area contributed by atoms with Crippen LogP contribution >= 0.6 is 11.8 Å². The molecular weight excluding hydrogens is 282 g/mol. The molecule has 0 atom stereocenters. The van der Waals surface area contributed by atoms with Gasteiger partial charge < -0.3 is 15.1 Å². The zero-order chi connectivity index (χ0) is 14.5. The zero-order valence-electron chi connectivity index (χ0n) is 10.2. The first-order valence-electron chi connectivity index (χ1n) is 5.61. The molecule has 0 fully saturated rings. The summed E-state index contributed by atoms with van der Waals surface area (Å²) in [7, 11) is 0. The van der Waals surface area contributed by atoms with Crippen LogP contribution in [0.25, 0.3) is 0 Å². The van der Waals surface area contributed by atoms with Gasteiger partial charge in [-0.3, -0.25) is 4.79 Å². The normalized spacial score (nSPS) is 10.2. The predicted octanol–water partition coefficient (Wildman–Crippen LogP) is 1.43. The Balaban J connectivity index is 1.89. The summed E-state index contributed by atoms with van der Waals surface area (Å²) in [5, 5.41) is 18.3. The monoisotopic (exact) mass is 293 g/mol. The van der Waals surface area contributed by atoms with E-state index in [1.54, 1.807) is 30.3 Å². The minimum atomic E-state index is -0.763. The fourth-order valence-corrected chi connectivity index (χ4v) is 2.01. The number of thioether (sulfide) groups is 1. The van der Waals surface area contributed by atoms with Crippen LogP contribution in [0.5, 0.6) is 11.8 Å². The Morgan fingerprint density at radius 3 is 2.25 bits per heavy atom. The minimum absolute atomic E-state index is 0.231. The summed E-state index contributed by atoms with van der Waals surface area (Å²) in [4.78, 5) is 28.0. The molecule has 2 N–H and O–H groups in total. The Morgan fingerprint density at radius 2 is 1.65 bits per heavy atom. The van der Waals surface area contributed by atoms with Crippen LogP contribution in [0, 0.1) is 0 Å². The lowest BCUT2D eigenvalue weighted by atomic mass is 10.2. The lowest BCUT2D eigenvalue weighted by molar-refractivity contribution is -0.142. The SMILES string of the molecule is O=C(CSC(=O)c1ccccc1)On1c(O)ccc1O. The van der Waals surface area contributed by atoms with E-state index in [0.29, 0.717) is 10.3 Å². The zero-order valence-corrected chi connectivity index (χ0v) is 11.0. The predicted molar refractivity (Wildman–Crippen MR) is 72.6 cm³/mol. The molecule has 0 saturated heterocycles. The largest absolute Gasteiger partial charge is 0.492 e. The molecule has 2 rings (SSSR count). The molecule has 0 aliphatic rings. The molecule has 2 aromatic rings. The molecule has 1 heterocycles. The topological polar surface area (TPSA) is 88.8 Å². The summed E-state index contributed by atoms with van der Waals surface area (Å²) in [5.41, 5.74) is 0.483. The third kappa shape index (κ3) is 3.33. The van der Waals surface area contributed by atoms with E-state index in [9.17, 15) is 19.8 Å². The fourth-order valence-electron chi connectivity index (χ4n) is 1.41. The van der Waals surface area contributed by atoms with E-state index in [-0.39, 0.29) is 10.9 Å². The maximum absolute atomic E-state index is 11.7. The van der Waals surface area contributed by atoms with E-state index >= 15 is 0 Å². The average molecular weight is 293 g/mol. The Labute approximate surface area is 118 Å². The molecule has 0 radical (unpaired) electrons. The van der Waals surface area contributed by atoms with Crippen molar-refractivity contribution in [2.45, 2.75) is 0 Å². The second-order valence-corrected chi connectivity index (χ2v) is 4.70. The van der Waals surface area contributed by atoms with Crippen LogP contribution in [0.3, 0.4) is 0 Å². The first kappa shape index (κ1) is 14.0. The number of rotatable bonds is 4. The molecule has 0 bridgehead atoms. The van der Waals surface area contributed by atoms with E-state index in [1.807, 2.05) is 0 Å². The highest BCUT2D eigenvalue weighted by molar-refractivity contribution is 8.14. The summed E-state index contributed by atoms with van der Waals surface area (Å²) in [6, 6.07) is 10.9. The lowest BCUT2D eigenvalue weighted by Crippen LogP contribution is -2.21. The van der Waals surface area contributed by atoms with Gasteiger partial charge in [0.25, 0.3) is 0 Å². The van der Waals surface area contributed by atoms with Crippen molar-refractivity contribution in [1.82, 2.24) is 4.73 Å². The highest BCUT2D eigenvalue weighted by atomic mass is 32.2. The van der Waals surface area contributed by atoms with Crippen LogP contribution in [0.2, 0.25) is 0 Å². The molecule has 6 nitrogen and oxygen atoms in total. The molecule has 0 amide bonds. The number of carbonyl (C=O) groups excluding carboxylic acids is 2. The molecule has 0 unspecified atom stereocenters. The van der Waals surface area contributed by atoms with Crippen LogP contribution in [0.4, 0.5) is 0 Å². The molecule has 1 aromatic carbocycles. The Hall–Kier alpha value is -2.41. The fraction of sp³-hybridized carbons (Fsp3) is 0.0769. The quantitative estimate of drug-likeness (QED) is 0.886. The van der Waals surface area contributed by atoms with Gasteiger partial charge in [0.2, 0.25) is 16.9 Å². The number of carbonyl (C=O) groups is 2. The van der Waals surface area contributed by atoms with Gasteiger partial charge in [0, 0.05) is 17.7 Å². The smallest absolute Gasteiger partial charge is 0.343 e. The summed E-state index contributed by atoms with van der Waals surface area (Å²) in [6.07, 6.45) is 0. The van der Waals surface area contributed by atoms with Gasteiger partial charge in [-0.15, -0.1) is 4.73 Å². The third-order valence-corrected chi connectivity index (χ3v) is 3.20. The Morgan fingerprint density at radius 1 is 1.05 bits per heavy atom. The Kier molecular flexibility index (Phi) is 4.31. The van der Waals surface area contributed by atoms with Crippen LogP contribution in [-0.4, -0.2) is 31.8 Å². The number of benzene rings is 1. The average Bonchev–Trinajstić information content (AvgIpc) is 2.77. The van der Waals surface area contributed by atoms with Gasteiger partial charge in [0.1, 0.15) is 5.75 Å². The summed E-state index contributed by atoms with van der Waals surface area (Å²) >= 11 is 0.781. The van der Waals surface area contributed by atoms with Crippen LogP contribution in [0.1, 0.15) is 10.4 Å². The summed E-state index contributed by atoms with van der Waals surface area (Å²) in [6.45, 7) is 0. The molecule has 1 aromatic heterocycles. The van der Waals surface area contributed by atoms with Gasteiger partial charge in [-0.25, -0.2) is 4.79 Å². The van der Waals surface area contributed by atoms with Crippen molar-refractivity contribution < 1.29 is 24.6 Å². The van der Waals surface area contributed by atoms with Crippen LogP contribution < -0.4 is 4.84 Å². The van der Waals surface area contributed by atoms with Crippen molar-refractivity contribution in [2.75, 3.05) is 5.75 Å². The molecule has 0 aliphatic heterocycles. The molecule has 7 heteroatoms. The van der Waals surface area contributed by atoms with Gasteiger partial charge in [-0.05, 0) is 0 Å². The van der Waals surface area contributed by atoms with E-state index in [2.05, 4.69) is 0 Å². The van der Waals surface area contributed by atoms with Gasteiger partial charge in [-0.2, -0.15) is 0 Å². The van der Waals surface area contributed by atoms with E-state index in [4.69, 9.17) is 4.84 Å². The third-order valence-electron chi connectivity index (χ3n) is 2.32. The highest BCUT2D eigenvalue weighted by Gasteiger charge is 2.14. The molecule has 0 aliphatic carbocycles. The van der Waals surface area contributed by atoms with Crippen LogP contribution in [-0.2, 0) is 4.79 Å². The lowest BCUT2D eigenvalue weighted by Gasteiger charge is -2.06. The second kappa shape index (κ2) is 6.16. The van der Waals surface area contributed by atoms with Crippen molar-refractivity contribution in [1.29, 1.82) is 0 Å². The van der Waals surface area contributed by atoms with Gasteiger partial charge in [0.15, 0.2) is 0 Å². The van der Waals surface area contributed by atoms with Crippen molar-refractivity contribution >= 4 is 22.8 Å². The van der Waals surface area contributed by atoms with E-state index in [1.165, 1.54) is 12.1 Å².